The van der Waals surface area contributed by atoms with Gasteiger partial charge in [0.25, 0.3) is 5.13 Å². The molecule has 2 aromatic carbocycles. The number of aromatic nitrogens is 1. The van der Waals surface area contributed by atoms with Crippen molar-refractivity contribution in [1.29, 1.82) is 0 Å². The number of furan rings is 1. The molecule has 0 N–H and O–H groups in total. The molecule has 4 aromatic rings. The molecule has 2 aromatic heterocycles. The van der Waals surface area contributed by atoms with Crippen molar-refractivity contribution in [2.24, 2.45) is 0 Å². The lowest BCUT2D eigenvalue weighted by Crippen LogP contribution is -2.40. The van der Waals surface area contributed by atoms with Crippen LogP contribution in [0.1, 0.15) is 5.76 Å². The summed E-state index contributed by atoms with van der Waals surface area (Å²) >= 11 is 3.02. The van der Waals surface area contributed by atoms with Crippen LogP contribution in [-0.4, -0.2) is 10.9 Å². The standard InChI is InChI=1S/C19H13F2N2OS2/c20-12-8-14(21)18-15(9-12)22-19(26-18)23(10-13-4-3-7-24-13)11-25-17-6-2-1-5-16(17)23/h1-9H,10-11H2/q+1. The molecule has 0 saturated heterocycles. The first-order valence-corrected chi connectivity index (χ1v) is 9.84. The van der Waals surface area contributed by atoms with Gasteiger partial charge in [0.05, 0.1) is 21.4 Å². The fourth-order valence-electron chi connectivity index (χ4n) is 3.34. The van der Waals surface area contributed by atoms with Crippen molar-refractivity contribution in [2.75, 3.05) is 5.88 Å². The van der Waals surface area contributed by atoms with Crippen molar-refractivity contribution in [1.82, 2.24) is 9.47 Å². The van der Waals surface area contributed by atoms with Gasteiger partial charge in [0.15, 0.2) is 11.4 Å². The highest BCUT2D eigenvalue weighted by molar-refractivity contribution is 7.99. The first-order valence-electron chi connectivity index (χ1n) is 8.04. The van der Waals surface area contributed by atoms with Gasteiger partial charge in [0, 0.05) is 18.2 Å². The van der Waals surface area contributed by atoms with Gasteiger partial charge in [0.1, 0.15) is 24.1 Å². The molecule has 1 unspecified atom stereocenters. The first kappa shape index (κ1) is 16.0. The maximum atomic E-state index is 14.2. The van der Waals surface area contributed by atoms with Crippen LogP contribution in [-0.2, 0) is 6.54 Å². The van der Waals surface area contributed by atoms with E-state index in [1.165, 1.54) is 22.3 Å². The summed E-state index contributed by atoms with van der Waals surface area (Å²) < 4.78 is 34.3. The second-order valence-electron chi connectivity index (χ2n) is 6.18. The molecule has 5 rings (SSSR count). The lowest BCUT2D eigenvalue weighted by Gasteiger charge is -2.29. The van der Waals surface area contributed by atoms with Crippen LogP contribution in [0.3, 0.4) is 0 Å². The molecule has 130 valence electrons. The van der Waals surface area contributed by atoms with Gasteiger partial charge in [-0.3, -0.25) is 0 Å². The molecule has 0 radical (unpaired) electrons. The summed E-state index contributed by atoms with van der Waals surface area (Å²) in [5.74, 6) is 0.373. The van der Waals surface area contributed by atoms with Crippen molar-refractivity contribution >= 4 is 44.1 Å². The smallest absolute Gasteiger partial charge is 0.293 e. The van der Waals surface area contributed by atoms with Crippen LogP contribution in [0.5, 0.6) is 0 Å². The van der Waals surface area contributed by atoms with Crippen molar-refractivity contribution in [3.8, 4) is 0 Å². The number of quaternary nitrogens is 1. The second kappa shape index (κ2) is 5.90. The third-order valence-corrected chi connectivity index (χ3v) is 6.99. The van der Waals surface area contributed by atoms with E-state index in [-0.39, 0.29) is 0 Å². The summed E-state index contributed by atoms with van der Waals surface area (Å²) in [6, 6.07) is 14.1. The molecule has 1 aliphatic heterocycles. The van der Waals surface area contributed by atoms with E-state index >= 15 is 0 Å². The third-order valence-electron chi connectivity index (χ3n) is 4.54. The van der Waals surface area contributed by atoms with Crippen LogP contribution in [0.2, 0.25) is 0 Å². The Labute approximate surface area is 156 Å². The maximum Gasteiger partial charge on any atom is 0.293 e. The highest BCUT2D eigenvalue weighted by Crippen LogP contribution is 2.52. The van der Waals surface area contributed by atoms with Gasteiger partial charge in [-0.1, -0.05) is 35.2 Å². The van der Waals surface area contributed by atoms with Crippen LogP contribution in [0, 0.1) is 11.6 Å². The van der Waals surface area contributed by atoms with Crippen LogP contribution in [0.15, 0.2) is 64.1 Å². The van der Waals surface area contributed by atoms with Crippen molar-refractivity contribution in [3.05, 3.63) is 72.2 Å². The predicted molar refractivity (Wildman–Crippen MR) is 101 cm³/mol. The molecule has 26 heavy (non-hydrogen) atoms. The number of rotatable bonds is 3. The van der Waals surface area contributed by atoms with Gasteiger partial charge in [-0.2, -0.15) is 4.98 Å². The number of hydrogen-bond acceptors (Lipinski definition) is 4. The predicted octanol–water partition coefficient (Wildman–Crippen LogP) is 6.07. The minimum absolute atomic E-state index is 0.355. The van der Waals surface area contributed by atoms with E-state index in [4.69, 9.17) is 4.42 Å². The zero-order valence-electron chi connectivity index (χ0n) is 13.5. The number of thioether (sulfide) groups is 1. The first-order chi connectivity index (χ1) is 12.7. The molecule has 1 atom stereocenters. The fourth-order valence-corrected chi connectivity index (χ4v) is 5.79. The van der Waals surface area contributed by atoms with Crippen molar-refractivity contribution in [2.45, 2.75) is 11.4 Å². The highest BCUT2D eigenvalue weighted by Gasteiger charge is 2.44. The Morgan fingerprint density at radius 2 is 2.00 bits per heavy atom. The summed E-state index contributed by atoms with van der Waals surface area (Å²) in [7, 11) is 0. The Kier molecular flexibility index (Phi) is 3.63. The summed E-state index contributed by atoms with van der Waals surface area (Å²) in [6.45, 7) is 0.570. The van der Waals surface area contributed by atoms with E-state index in [1.807, 2.05) is 24.3 Å². The average Bonchev–Trinajstić information content (AvgIpc) is 3.35. The second-order valence-corrected chi connectivity index (χ2v) is 8.14. The van der Waals surface area contributed by atoms with Gasteiger partial charge in [0.2, 0.25) is 0 Å². The van der Waals surface area contributed by atoms with Gasteiger partial charge < -0.3 is 4.42 Å². The van der Waals surface area contributed by atoms with Gasteiger partial charge in [-0.05, 0) is 18.2 Å². The van der Waals surface area contributed by atoms with Gasteiger partial charge in [-0.25, -0.2) is 13.3 Å². The zero-order valence-corrected chi connectivity index (χ0v) is 15.1. The SMILES string of the molecule is Fc1cc(F)c2sc([N+]3(Cc4ccco4)CSc4ccccc43)nc2c1. The molecule has 3 heterocycles. The molecular weight excluding hydrogens is 374 g/mol. The summed E-state index contributed by atoms with van der Waals surface area (Å²) in [4.78, 5) is 5.79. The number of halogens is 2. The average molecular weight is 387 g/mol. The van der Waals surface area contributed by atoms with E-state index in [2.05, 4.69) is 17.1 Å². The number of thiazole rings is 1. The van der Waals surface area contributed by atoms with Gasteiger partial charge in [-0.15, -0.1) is 0 Å². The van der Waals surface area contributed by atoms with Crippen LogP contribution >= 0.6 is 23.1 Å². The van der Waals surface area contributed by atoms with Crippen LogP contribution in [0.4, 0.5) is 19.6 Å². The fraction of sp³-hybridized carbons (Fsp3) is 0.105. The van der Waals surface area contributed by atoms with E-state index in [0.717, 1.165) is 28.5 Å². The molecule has 0 spiro atoms. The number of fused-ring (bicyclic) bond motifs is 2. The number of hydrogen-bond donors (Lipinski definition) is 0. The highest BCUT2D eigenvalue weighted by atomic mass is 32.2. The number of nitrogens with zero attached hydrogens (tertiary/aromatic N) is 2. The van der Waals surface area contributed by atoms with Crippen LogP contribution in [0.25, 0.3) is 10.2 Å². The van der Waals surface area contributed by atoms with E-state index < -0.39 is 11.6 Å². The molecule has 0 amide bonds. The Morgan fingerprint density at radius 1 is 1.12 bits per heavy atom. The molecule has 0 saturated carbocycles. The Hall–Kier alpha value is -2.22. The topological polar surface area (TPSA) is 26.0 Å². The lowest BCUT2D eigenvalue weighted by atomic mass is 10.2. The quantitative estimate of drug-likeness (QED) is 0.399. The number of benzene rings is 2. The van der Waals surface area contributed by atoms with E-state index in [1.54, 1.807) is 18.0 Å². The van der Waals surface area contributed by atoms with E-state index in [0.29, 0.717) is 21.2 Å². The minimum atomic E-state index is -0.611. The molecule has 0 aliphatic carbocycles. The Morgan fingerprint density at radius 3 is 2.85 bits per heavy atom. The molecular formula is C19H13F2N2OS2+. The molecule has 1 aliphatic rings. The normalized spacial score (nSPS) is 19.2. The van der Waals surface area contributed by atoms with Gasteiger partial charge >= 0.3 is 0 Å². The Balaban J connectivity index is 1.74. The molecule has 0 bridgehead atoms. The largest absolute Gasteiger partial charge is 0.463 e. The zero-order chi connectivity index (χ0) is 17.7. The molecule has 7 heteroatoms. The molecule has 0 fully saturated rings. The minimum Gasteiger partial charge on any atom is -0.463 e. The monoisotopic (exact) mass is 387 g/mol. The lowest BCUT2D eigenvalue weighted by molar-refractivity contribution is 0.377. The van der Waals surface area contributed by atoms with E-state index in [9.17, 15) is 8.78 Å². The molecule has 3 nitrogen and oxygen atoms in total. The maximum absolute atomic E-state index is 14.2. The Bertz CT molecular complexity index is 1110. The summed E-state index contributed by atoms with van der Waals surface area (Å²) in [5, 5.41) is 0.735. The number of para-hydroxylation sites is 1. The van der Waals surface area contributed by atoms with Crippen molar-refractivity contribution in [3.63, 3.8) is 0 Å². The van der Waals surface area contributed by atoms with Crippen LogP contribution < -0.4 is 4.48 Å². The van der Waals surface area contributed by atoms with Crippen molar-refractivity contribution < 1.29 is 13.2 Å². The summed E-state index contributed by atoms with van der Waals surface area (Å²) in [5.41, 5.74) is 1.46. The summed E-state index contributed by atoms with van der Waals surface area (Å²) in [6.07, 6.45) is 1.65. The third kappa shape index (κ3) is 2.39.